The van der Waals surface area contributed by atoms with E-state index in [1.165, 1.54) is 18.5 Å². The lowest BCUT2D eigenvalue weighted by molar-refractivity contribution is -0.119. The third-order valence-corrected chi connectivity index (χ3v) is 6.86. The van der Waals surface area contributed by atoms with Crippen molar-refractivity contribution in [2.75, 3.05) is 11.1 Å². The van der Waals surface area contributed by atoms with Crippen LogP contribution in [0.2, 0.25) is 5.02 Å². The molecule has 0 bridgehead atoms. The molecule has 1 aromatic carbocycles. The van der Waals surface area contributed by atoms with Crippen molar-refractivity contribution in [1.29, 1.82) is 0 Å². The summed E-state index contributed by atoms with van der Waals surface area (Å²) in [6.07, 6.45) is 5.55. The average Bonchev–Trinajstić information content (AvgIpc) is 3.46. The second kappa shape index (κ2) is 8.63. The quantitative estimate of drug-likeness (QED) is 0.286. The van der Waals surface area contributed by atoms with Gasteiger partial charge in [0.2, 0.25) is 5.91 Å². The number of rotatable bonds is 4. The highest BCUT2D eigenvalue weighted by Crippen LogP contribution is 2.45. The number of benzene rings is 1. The molecule has 5 aromatic rings. The summed E-state index contributed by atoms with van der Waals surface area (Å²) in [7, 11) is 0. The number of anilines is 2. The largest absolute Gasteiger partial charge is 0.506 e. The minimum absolute atomic E-state index is 0.0122. The number of pyridine rings is 1. The van der Waals surface area contributed by atoms with Gasteiger partial charge in [-0.3, -0.25) is 9.78 Å². The molecular formula is C25H16ClF3N8O2. The Morgan fingerprint density at radius 3 is 2.72 bits per heavy atom. The van der Waals surface area contributed by atoms with Crippen LogP contribution in [0.4, 0.5) is 24.8 Å². The Morgan fingerprint density at radius 2 is 1.95 bits per heavy atom. The van der Waals surface area contributed by atoms with Crippen LogP contribution >= 0.6 is 11.6 Å². The standard InChI is InChI=1S/C25H16ClF3N8O2/c1-25(17-7-16(38)12(26)8-32-17)18-20(30)34-21(35-22(18)36-24(25)39)15-9-37-3-2-31-23(37)14(33-15)5-10-4-11(27)6-13(28)19(10)29/h2-4,6-9H,5H2,1H3,(H,32,38)(H3,30,34,35,36,39)/t25-/m1/s1. The van der Waals surface area contributed by atoms with Gasteiger partial charge in [-0.25, -0.2) is 33.1 Å². The molecule has 0 saturated heterocycles. The van der Waals surface area contributed by atoms with Crippen molar-refractivity contribution in [3.63, 3.8) is 0 Å². The van der Waals surface area contributed by atoms with Gasteiger partial charge in [0, 0.05) is 43.3 Å². The molecule has 1 amide bonds. The number of fused-ring (bicyclic) bond motifs is 2. The van der Waals surface area contributed by atoms with E-state index in [2.05, 4.69) is 30.2 Å². The highest BCUT2D eigenvalue weighted by molar-refractivity contribution is 6.31. The lowest BCUT2D eigenvalue weighted by atomic mass is 9.80. The van der Waals surface area contributed by atoms with Crippen LogP contribution in [-0.2, 0) is 16.6 Å². The van der Waals surface area contributed by atoms with E-state index in [1.807, 2.05) is 0 Å². The van der Waals surface area contributed by atoms with Crippen LogP contribution in [0.5, 0.6) is 5.75 Å². The zero-order valence-electron chi connectivity index (χ0n) is 19.9. The molecule has 39 heavy (non-hydrogen) atoms. The van der Waals surface area contributed by atoms with Crippen molar-refractivity contribution in [2.24, 2.45) is 0 Å². The maximum absolute atomic E-state index is 14.4. The number of carbonyl (C=O) groups is 1. The minimum Gasteiger partial charge on any atom is -0.506 e. The Kier molecular flexibility index (Phi) is 5.43. The van der Waals surface area contributed by atoms with Crippen LogP contribution < -0.4 is 11.1 Å². The van der Waals surface area contributed by atoms with Crippen molar-refractivity contribution in [3.05, 3.63) is 88.0 Å². The molecule has 4 aromatic heterocycles. The monoisotopic (exact) mass is 552 g/mol. The molecule has 0 aliphatic carbocycles. The van der Waals surface area contributed by atoms with Crippen LogP contribution in [0.25, 0.3) is 17.2 Å². The van der Waals surface area contributed by atoms with Gasteiger partial charge in [-0.05, 0) is 18.6 Å². The molecule has 5 heterocycles. The Morgan fingerprint density at radius 1 is 1.15 bits per heavy atom. The molecule has 14 heteroatoms. The normalized spacial score (nSPS) is 16.5. The first-order chi connectivity index (χ1) is 18.6. The van der Waals surface area contributed by atoms with Crippen LogP contribution in [0.1, 0.15) is 29.4 Å². The van der Waals surface area contributed by atoms with E-state index in [0.717, 1.165) is 6.07 Å². The molecule has 0 saturated carbocycles. The second-order valence-electron chi connectivity index (χ2n) is 9.02. The van der Waals surface area contributed by atoms with Crippen LogP contribution in [0, 0.1) is 17.5 Å². The highest BCUT2D eigenvalue weighted by atomic mass is 35.5. The maximum Gasteiger partial charge on any atom is 0.242 e. The predicted molar refractivity (Wildman–Crippen MR) is 134 cm³/mol. The van der Waals surface area contributed by atoms with Gasteiger partial charge in [-0.15, -0.1) is 0 Å². The van der Waals surface area contributed by atoms with Crippen molar-refractivity contribution >= 4 is 34.8 Å². The van der Waals surface area contributed by atoms with Gasteiger partial charge in [0.1, 0.15) is 39.3 Å². The van der Waals surface area contributed by atoms with E-state index in [1.54, 1.807) is 23.7 Å². The van der Waals surface area contributed by atoms with Gasteiger partial charge >= 0.3 is 0 Å². The van der Waals surface area contributed by atoms with Gasteiger partial charge < -0.3 is 20.6 Å². The second-order valence-corrected chi connectivity index (χ2v) is 9.43. The van der Waals surface area contributed by atoms with E-state index in [4.69, 9.17) is 17.3 Å². The van der Waals surface area contributed by atoms with E-state index >= 15 is 0 Å². The summed E-state index contributed by atoms with van der Waals surface area (Å²) >= 11 is 5.88. The summed E-state index contributed by atoms with van der Waals surface area (Å²) in [5, 5.41) is 12.8. The number of hydrogen-bond acceptors (Lipinski definition) is 8. The van der Waals surface area contributed by atoms with Crippen molar-refractivity contribution in [3.8, 4) is 17.3 Å². The molecule has 0 fully saturated rings. The number of nitrogens with zero attached hydrogens (tertiary/aromatic N) is 6. The smallest absolute Gasteiger partial charge is 0.242 e. The van der Waals surface area contributed by atoms with E-state index in [0.29, 0.717) is 11.7 Å². The number of hydrogen-bond donors (Lipinski definition) is 3. The molecule has 10 nitrogen and oxygen atoms in total. The number of imidazole rings is 1. The predicted octanol–water partition coefficient (Wildman–Crippen LogP) is 3.79. The van der Waals surface area contributed by atoms with Gasteiger partial charge in [0.15, 0.2) is 23.1 Å². The summed E-state index contributed by atoms with van der Waals surface area (Å²) in [5.41, 5.74) is 5.74. The van der Waals surface area contributed by atoms with Gasteiger partial charge in [-0.2, -0.15) is 0 Å². The number of carbonyl (C=O) groups excluding carboxylic acids is 1. The first kappa shape index (κ1) is 24.6. The molecule has 0 radical (unpaired) electrons. The Labute approximate surface area is 222 Å². The molecule has 0 spiro atoms. The number of aromatic hydroxyl groups is 1. The highest BCUT2D eigenvalue weighted by Gasteiger charge is 2.49. The van der Waals surface area contributed by atoms with Crippen LogP contribution in [0.15, 0.2) is 43.0 Å². The van der Waals surface area contributed by atoms with Crippen LogP contribution in [-0.4, -0.2) is 40.3 Å². The zero-order chi connectivity index (χ0) is 27.6. The summed E-state index contributed by atoms with van der Waals surface area (Å²) in [5.74, 6) is -4.16. The number of nitrogens with two attached hydrogens (primary N) is 1. The third kappa shape index (κ3) is 3.81. The first-order valence-electron chi connectivity index (χ1n) is 11.4. The number of halogens is 4. The zero-order valence-corrected chi connectivity index (χ0v) is 20.6. The number of nitrogen functional groups attached to an aromatic ring is 1. The van der Waals surface area contributed by atoms with Gasteiger partial charge in [0.25, 0.3) is 0 Å². The van der Waals surface area contributed by atoms with E-state index < -0.39 is 28.8 Å². The summed E-state index contributed by atoms with van der Waals surface area (Å²) in [6, 6.07) is 2.60. The third-order valence-electron chi connectivity index (χ3n) is 6.57. The lowest BCUT2D eigenvalue weighted by Crippen LogP contribution is -2.33. The molecule has 196 valence electrons. The molecule has 1 atom stereocenters. The fourth-order valence-electron chi connectivity index (χ4n) is 4.61. The fraction of sp³-hybridized carbons (Fsp3) is 0.120. The topological polar surface area (TPSA) is 144 Å². The van der Waals surface area contributed by atoms with Gasteiger partial charge in [0.05, 0.1) is 17.0 Å². The van der Waals surface area contributed by atoms with E-state index in [-0.39, 0.29) is 62.9 Å². The van der Waals surface area contributed by atoms with Crippen LogP contribution in [0.3, 0.4) is 0 Å². The SMILES string of the molecule is C[C@]1(c2cc(O)c(Cl)cn2)C(=O)Nc2nc(-c3cn4ccnc4c(Cc4cc(F)cc(F)c4F)n3)nc(N)c21. The fourth-order valence-corrected chi connectivity index (χ4v) is 4.71. The van der Waals surface area contributed by atoms with E-state index in [9.17, 15) is 23.1 Å². The molecule has 4 N–H and O–H groups in total. The minimum atomic E-state index is -1.44. The summed E-state index contributed by atoms with van der Waals surface area (Å²) < 4.78 is 43.6. The summed E-state index contributed by atoms with van der Waals surface area (Å²) in [6.45, 7) is 1.56. The van der Waals surface area contributed by atoms with Crippen molar-refractivity contribution in [2.45, 2.75) is 18.8 Å². The van der Waals surface area contributed by atoms with Gasteiger partial charge in [-0.1, -0.05) is 11.6 Å². The number of aromatic nitrogens is 6. The first-order valence-corrected chi connectivity index (χ1v) is 11.7. The summed E-state index contributed by atoms with van der Waals surface area (Å²) in [4.78, 5) is 34.8. The molecular weight excluding hydrogens is 537 g/mol. The Hall–Kier alpha value is -4.78. The Bertz CT molecular complexity index is 1850. The Balaban J connectivity index is 1.47. The lowest BCUT2D eigenvalue weighted by Gasteiger charge is -2.22. The molecule has 1 aliphatic heterocycles. The number of nitrogens with one attached hydrogen (secondary N) is 1. The maximum atomic E-state index is 14.4. The molecule has 6 rings (SSSR count). The number of amides is 1. The van der Waals surface area contributed by atoms with Crippen molar-refractivity contribution < 1.29 is 23.1 Å². The molecule has 0 unspecified atom stereocenters. The average molecular weight is 553 g/mol. The molecule has 1 aliphatic rings. The van der Waals surface area contributed by atoms with Crippen molar-refractivity contribution in [1.82, 2.24) is 29.3 Å².